The molecule has 0 saturated carbocycles. The molecule has 1 rings (SSSR count). The highest BCUT2D eigenvalue weighted by Gasteiger charge is 2.13. The van der Waals surface area contributed by atoms with Crippen LogP contribution in [-0.4, -0.2) is 14.7 Å². The van der Waals surface area contributed by atoms with E-state index >= 15 is 0 Å². The van der Waals surface area contributed by atoms with Gasteiger partial charge in [-0.1, -0.05) is 0 Å². The van der Waals surface area contributed by atoms with Crippen LogP contribution in [0, 0.1) is 0 Å². The lowest BCUT2D eigenvalue weighted by Gasteiger charge is -1.87. The maximum Gasteiger partial charge on any atom is 0.251 e. The molecule has 0 aliphatic heterocycles. The molecule has 0 radical (unpaired) electrons. The first-order chi connectivity index (χ1) is 5.52. The van der Waals surface area contributed by atoms with Crippen LogP contribution in [0.2, 0.25) is 0 Å². The van der Waals surface area contributed by atoms with Crippen molar-refractivity contribution in [2.75, 3.05) is 5.73 Å². The number of thiophene rings is 1. The molecule has 0 aliphatic rings. The summed E-state index contributed by atoms with van der Waals surface area (Å²) in [5.74, 6) is -0.694. The average molecular weight is 206 g/mol. The van der Waals surface area contributed by atoms with E-state index in [1.54, 1.807) is 0 Å². The molecular weight excluding hydrogens is 200 g/mol. The number of anilines is 1. The minimum absolute atomic E-state index is 0.0948. The second kappa shape index (κ2) is 3.21. The van der Waals surface area contributed by atoms with Crippen molar-refractivity contribution in [2.24, 2.45) is 5.73 Å². The molecule has 66 valence electrons. The van der Waals surface area contributed by atoms with E-state index in [2.05, 4.69) is 0 Å². The van der Waals surface area contributed by atoms with Gasteiger partial charge in [0, 0.05) is 0 Å². The lowest BCUT2D eigenvalue weighted by atomic mass is 10.3. The Morgan fingerprint density at radius 1 is 1.67 bits per heavy atom. The first-order valence-electron chi connectivity index (χ1n) is 2.82. The maximum atomic E-state index is 10.6. The van der Waals surface area contributed by atoms with Crippen LogP contribution in [0.1, 0.15) is 10.4 Å². The molecule has 1 unspecified atom stereocenters. The van der Waals surface area contributed by atoms with Crippen molar-refractivity contribution in [2.45, 2.75) is 4.21 Å². The quantitative estimate of drug-likeness (QED) is 0.592. The van der Waals surface area contributed by atoms with Gasteiger partial charge in [0.15, 0.2) is 11.1 Å². The van der Waals surface area contributed by atoms with Crippen molar-refractivity contribution in [3.63, 3.8) is 0 Å². The summed E-state index contributed by atoms with van der Waals surface area (Å²) in [5.41, 5.74) is 10.4. The van der Waals surface area contributed by atoms with Crippen molar-refractivity contribution < 1.29 is 13.6 Å². The summed E-state index contributed by atoms with van der Waals surface area (Å²) in [7, 11) is 0. The van der Waals surface area contributed by atoms with Gasteiger partial charge in [-0.05, 0) is 6.07 Å². The van der Waals surface area contributed by atoms with Crippen LogP contribution in [0.25, 0.3) is 0 Å². The van der Waals surface area contributed by atoms with Crippen molar-refractivity contribution >= 4 is 33.3 Å². The Balaban J connectivity index is 3.17. The molecule has 0 fully saturated rings. The summed E-state index contributed by atoms with van der Waals surface area (Å²) in [6.07, 6.45) is 0. The maximum absolute atomic E-state index is 10.6. The summed E-state index contributed by atoms with van der Waals surface area (Å²) < 4.78 is 19.2. The molecule has 0 aliphatic carbocycles. The fraction of sp³-hybridized carbons (Fsp3) is 0. The minimum Gasteiger partial charge on any atom is -0.390 e. The normalized spacial score (nSPS) is 12.8. The Labute approximate surface area is 74.7 Å². The van der Waals surface area contributed by atoms with E-state index in [1.165, 1.54) is 6.07 Å². The van der Waals surface area contributed by atoms with Crippen molar-refractivity contribution in [3.8, 4) is 0 Å². The second-order valence-electron chi connectivity index (χ2n) is 1.96. The molecule has 1 aromatic heterocycles. The molecule has 5 nitrogen and oxygen atoms in total. The number of carbonyl (C=O) groups excluding carboxylic acids is 1. The lowest BCUT2D eigenvalue weighted by Crippen LogP contribution is -2.11. The Hall–Kier alpha value is -0.920. The molecule has 1 heterocycles. The van der Waals surface area contributed by atoms with Gasteiger partial charge in [0.1, 0.15) is 4.21 Å². The summed E-state index contributed by atoms with van der Waals surface area (Å²) in [4.78, 5) is 10.6. The van der Waals surface area contributed by atoms with E-state index in [1.807, 2.05) is 0 Å². The van der Waals surface area contributed by atoms with Gasteiger partial charge in [0.2, 0.25) is 0 Å². The zero-order valence-electron chi connectivity index (χ0n) is 5.81. The molecule has 0 bridgehead atoms. The fourth-order valence-electron chi connectivity index (χ4n) is 0.660. The average Bonchev–Trinajstić information content (AvgIpc) is 2.30. The van der Waals surface area contributed by atoms with Gasteiger partial charge in [-0.2, -0.15) is 0 Å². The number of nitrogen functional groups attached to an aromatic ring is 1. The number of hydrogen-bond acceptors (Lipinski definition) is 4. The van der Waals surface area contributed by atoms with Crippen LogP contribution >= 0.6 is 11.3 Å². The Kier molecular flexibility index (Phi) is 2.46. The molecule has 0 saturated heterocycles. The summed E-state index contributed by atoms with van der Waals surface area (Å²) >= 11 is -1.23. The van der Waals surface area contributed by atoms with Gasteiger partial charge < -0.3 is 16.0 Å². The Morgan fingerprint density at radius 2 is 2.25 bits per heavy atom. The van der Waals surface area contributed by atoms with Gasteiger partial charge >= 0.3 is 0 Å². The lowest BCUT2D eigenvalue weighted by molar-refractivity contribution is 0.100. The van der Waals surface area contributed by atoms with Crippen molar-refractivity contribution in [1.82, 2.24) is 0 Å². The van der Waals surface area contributed by atoms with E-state index in [-0.39, 0.29) is 14.8 Å². The van der Waals surface area contributed by atoms with Crippen LogP contribution in [0.15, 0.2) is 10.3 Å². The van der Waals surface area contributed by atoms with Gasteiger partial charge in [0.25, 0.3) is 5.91 Å². The first-order valence-corrected chi connectivity index (χ1v) is 4.74. The predicted octanol–water partition coefficient (Wildman–Crippen LogP) is 0.00980. The SMILES string of the molecule is NC(=O)c1cc(S(=O)O)sc1N. The second-order valence-corrected chi connectivity index (χ2v) is 4.24. The number of carbonyl (C=O) groups is 1. The minimum atomic E-state index is -2.10. The zero-order chi connectivity index (χ0) is 9.30. The van der Waals surface area contributed by atoms with Gasteiger partial charge in [0.05, 0.1) is 10.6 Å². The van der Waals surface area contributed by atoms with E-state index in [4.69, 9.17) is 16.0 Å². The Morgan fingerprint density at radius 3 is 2.50 bits per heavy atom. The molecule has 5 N–H and O–H groups in total. The van der Waals surface area contributed by atoms with E-state index < -0.39 is 17.0 Å². The summed E-state index contributed by atoms with van der Waals surface area (Å²) in [6.45, 7) is 0. The fourth-order valence-corrected chi connectivity index (χ4v) is 2.10. The third-order valence-electron chi connectivity index (χ3n) is 1.18. The van der Waals surface area contributed by atoms with E-state index in [0.717, 1.165) is 11.3 Å². The molecule has 1 amide bonds. The number of hydrogen-bond donors (Lipinski definition) is 3. The van der Waals surface area contributed by atoms with Crippen LogP contribution in [0.4, 0.5) is 5.00 Å². The molecule has 0 spiro atoms. The number of nitrogens with two attached hydrogens (primary N) is 2. The van der Waals surface area contributed by atoms with Gasteiger partial charge in [-0.3, -0.25) is 4.79 Å². The highest BCUT2D eigenvalue weighted by Crippen LogP contribution is 2.26. The van der Waals surface area contributed by atoms with Crippen LogP contribution in [0.3, 0.4) is 0 Å². The summed E-state index contributed by atoms with van der Waals surface area (Å²) in [6, 6.07) is 1.22. The topological polar surface area (TPSA) is 106 Å². The largest absolute Gasteiger partial charge is 0.390 e. The van der Waals surface area contributed by atoms with Crippen LogP contribution < -0.4 is 11.5 Å². The molecular formula is C5H6N2O3S2. The molecule has 7 heteroatoms. The highest BCUT2D eigenvalue weighted by molar-refractivity contribution is 7.82. The highest BCUT2D eigenvalue weighted by atomic mass is 32.2. The molecule has 1 atom stereocenters. The zero-order valence-corrected chi connectivity index (χ0v) is 7.45. The molecule has 1 aromatic rings. The number of rotatable bonds is 2. The van der Waals surface area contributed by atoms with E-state index in [9.17, 15) is 9.00 Å². The monoisotopic (exact) mass is 206 g/mol. The van der Waals surface area contributed by atoms with E-state index in [0.29, 0.717) is 0 Å². The van der Waals surface area contributed by atoms with Crippen molar-refractivity contribution in [3.05, 3.63) is 11.6 Å². The predicted molar refractivity (Wildman–Crippen MR) is 46.3 cm³/mol. The molecule has 0 aromatic carbocycles. The van der Waals surface area contributed by atoms with Crippen LogP contribution in [-0.2, 0) is 11.1 Å². The number of amides is 1. The summed E-state index contributed by atoms with van der Waals surface area (Å²) in [5, 5.41) is 0.167. The van der Waals surface area contributed by atoms with Gasteiger partial charge in [-0.25, -0.2) is 4.21 Å². The van der Waals surface area contributed by atoms with Gasteiger partial charge in [-0.15, -0.1) is 11.3 Å². The number of primary amides is 1. The third-order valence-corrected chi connectivity index (χ3v) is 3.07. The first kappa shape index (κ1) is 9.17. The smallest absolute Gasteiger partial charge is 0.251 e. The Bertz CT molecular complexity index is 346. The third kappa shape index (κ3) is 1.63. The standard InChI is InChI=1S/C5H6N2O3S2/c6-4(8)2-1-3(12(9)10)11-5(2)7/h1H,7H2,(H2,6,8)(H,9,10). The van der Waals surface area contributed by atoms with Crippen molar-refractivity contribution in [1.29, 1.82) is 0 Å². The van der Waals surface area contributed by atoms with Crippen LogP contribution in [0.5, 0.6) is 0 Å². The molecule has 12 heavy (non-hydrogen) atoms.